The predicted octanol–water partition coefficient (Wildman–Crippen LogP) is 1.69. The van der Waals surface area contributed by atoms with Crippen molar-refractivity contribution < 1.29 is 13.2 Å². The quantitative estimate of drug-likeness (QED) is 0.707. The van der Waals surface area contributed by atoms with Crippen molar-refractivity contribution in [3.05, 3.63) is 28.3 Å². The van der Waals surface area contributed by atoms with Crippen LogP contribution in [0, 0.1) is 0 Å². The Labute approximate surface area is 199 Å². The second-order valence-corrected chi connectivity index (χ2v) is 9.11. The van der Waals surface area contributed by atoms with Crippen molar-refractivity contribution >= 4 is 73.1 Å². The molecule has 2 N–H and O–H groups in total. The van der Waals surface area contributed by atoms with Crippen LogP contribution in [0.2, 0.25) is 0 Å². The Morgan fingerprint density at radius 2 is 1.65 bits per heavy atom. The van der Waals surface area contributed by atoms with Crippen molar-refractivity contribution in [2.45, 2.75) is 44.9 Å². The van der Waals surface area contributed by atoms with Gasteiger partial charge in [0, 0.05) is 57.1 Å². The van der Waals surface area contributed by atoms with Crippen molar-refractivity contribution in [1.29, 1.82) is 0 Å². The van der Waals surface area contributed by atoms with Crippen molar-refractivity contribution in [3.8, 4) is 0 Å². The zero-order valence-corrected chi connectivity index (χ0v) is 20.0. The van der Waals surface area contributed by atoms with Gasteiger partial charge in [0.15, 0.2) is 0 Å². The van der Waals surface area contributed by atoms with E-state index >= 15 is 0 Å². The Kier molecular flexibility index (Phi) is 8.15. The summed E-state index contributed by atoms with van der Waals surface area (Å²) in [4.78, 5) is 14.2. The fraction of sp³-hybridized carbons (Fsp3) is 0.611. The molecule has 2 aliphatic carbocycles. The molecule has 0 aliphatic heterocycles. The van der Waals surface area contributed by atoms with E-state index in [0.717, 1.165) is 44.2 Å². The van der Waals surface area contributed by atoms with Crippen LogP contribution in [0.5, 0.6) is 0 Å². The number of benzene rings is 1. The summed E-state index contributed by atoms with van der Waals surface area (Å²) in [5.41, 5.74) is 5.87. The number of anilines is 1. The van der Waals surface area contributed by atoms with Gasteiger partial charge in [0.2, 0.25) is 10.0 Å². The zero-order chi connectivity index (χ0) is 18.0. The Morgan fingerprint density at radius 3 is 2.19 bits per heavy atom. The minimum atomic E-state index is -3.61. The third-order valence-electron chi connectivity index (χ3n) is 4.98. The number of fused-ring (bicyclic) bond motifs is 2. The number of aryl methyl sites for hydroxylation is 2. The molecule has 0 atom stereocenters. The first-order chi connectivity index (χ1) is 11.9. The Morgan fingerprint density at radius 1 is 1.08 bits per heavy atom. The average Bonchev–Trinajstić information content (AvgIpc) is 3.14. The molecule has 0 saturated carbocycles. The van der Waals surface area contributed by atoms with Crippen LogP contribution in [0.25, 0.3) is 0 Å². The van der Waals surface area contributed by atoms with Gasteiger partial charge in [-0.15, -0.1) is 0 Å². The van der Waals surface area contributed by atoms with Crippen LogP contribution in [-0.2, 0) is 35.7 Å². The molecule has 0 spiro atoms. The number of rotatable bonds is 6. The predicted molar refractivity (Wildman–Crippen MR) is 105 cm³/mol. The minimum absolute atomic E-state index is 0. The Bertz CT molecular complexity index is 746. The van der Waals surface area contributed by atoms with E-state index in [4.69, 9.17) is 0 Å². The first-order valence-electron chi connectivity index (χ1n) is 8.98. The maximum Gasteiger partial charge on any atom is 0.332 e. The molecule has 1 radical (unpaired) electrons. The number of carbonyl (C=O) groups excluding carboxylic acids is 1. The summed E-state index contributed by atoms with van der Waals surface area (Å²) >= 11 is 0. The van der Waals surface area contributed by atoms with Crippen LogP contribution in [0.4, 0.5) is 10.5 Å². The smallest absolute Gasteiger partial charge is 0.309 e. The molecule has 26 heavy (non-hydrogen) atoms. The Balaban J connectivity index is 0.00000243. The molecule has 0 heterocycles. The summed E-state index contributed by atoms with van der Waals surface area (Å²) in [6.45, 7) is 0.669. The van der Waals surface area contributed by atoms with Gasteiger partial charge in [-0.3, -0.25) is 0 Å². The van der Waals surface area contributed by atoms with Gasteiger partial charge < -0.3 is 10.2 Å². The van der Waals surface area contributed by atoms with E-state index in [-0.39, 0.29) is 57.1 Å². The van der Waals surface area contributed by atoms with Crippen LogP contribution in [0.1, 0.15) is 41.5 Å². The molecule has 0 aromatic heterocycles. The number of hydrogen-bond donors (Lipinski definition) is 2. The van der Waals surface area contributed by atoms with Gasteiger partial charge in [0.25, 0.3) is 0 Å². The average molecular weight is 405 g/mol. The van der Waals surface area contributed by atoms with Crippen molar-refractivity contribution in [2.75, 3.05) is 31.7 Å². The number of sulfonamides is 1. The molecule has 1 aromatic rings. The van der Waals surface area contributed by atoms with Gasteiger partial charge in [0.1, 0.15) is 0 Å². The molecule has 3 rings (SSSR count). The molecule has 0 fully saturated rings. The van der Waals surface area contributed by atoms with Crippen molar-refractivity contribution in [1.82, 2.24) is 9.62 Å². The number of amides is 2. The maximum absolute atomic E-state index is 12.3. The number of hydrogen-bond acceptors (Lipinski definition) is 4. The third-order valence-corrected chi connectivity index (χ3v) is 6.30. The molecule has 0 saturated heterocycles. The summed E-state index contributed by atoms with van der Waals surface area (Å²) in [6.07, 6.45) is 6.67. The fourth-order valence-corrected chi connectivity index (χ4v) is 4.81. The number of nitrogens with zero attached hydrogens (tertiary/aromatic N) is 1. The summed E-state index contributed by atoms with van der Waals surface area (Å²) in [5.74, 6) is -0.0520. The summed E-state index contributed by atoms with van der Waals surface area (Å²) in [5, 5.41) is 2.86. The summed E-state index contributed by atoms with van der Waals surface area (Å²) in [6, 6.07) is 1.64. The molecule has 6 nitrogen and oxygen atoms in total. The van der Waals surface area contributed by atoms with E-state index in [0.29, 0.717) is 13.0 Å². The van der Waals surface area contributed by atoms with E-state index in [2.05, 4.69) is 16.1 Å². The SMILES string of the molecule is CN(C)CCCS(=O)(=O)NC(=O)Nc1c2c(cc3c1CCC3)CCC2.[K]. The summed E-state index contributed by atoms with van der Waals surface area (Å²) in [7, 11) is 0.171. The van der Waals surface area contributed by atoms with E-state index < -0.39 is 16.1 Å². The number of nitrogens with one attached hydrogen (secondary N) is 2. The van der Waals surface area contributed by atoms with Crippen molar-refractivity contribution in [3.63, 3.8) is 0 Å². The molecule has 0 unspecified atom stereocenters. The zero-order valence-electron chi connectivity index (χ0n) is 16.0. The molecule has 0 bridgehead atoms. The first kappa shape index (κ1) is 22.3. The number of urea groups is 1. The van der Waals surface area contributed by atoms with Crippen molar-refractivity contribution in [2.24, 2.45) is 0 Å². The monoisotopic (exact) mass is 404 g/mol. The van der Waals surface area contributed by atoms with Crippen LogP contribution >= 0.6 is 0 Å². The molecule has 8 heteroatoms. The van der Waals surface area contributed by atoms with Gasteiger partial charge in [-0.05, 0) is 87.8 Å². The molecular formula is C18H27KN3O3S. The maximum atomic E-state index is 12.3. The molecule has 2 amide bonds. The summed E-state index contributed by atoms with van der Waals surface area (Å²) < 4.78 is 26.3. The van der Waals surface area contributed by atoms with Gasteiger partial charge >= 0.3 is 6.03 Å². The van der Waals surface area contributed by atoms with E-state index in [1.807, 2.05) is 19.0 Å². The van der Waals surface area contributed by atoms with Gasteiger partial charge in [-0.2, -0.15) is 0 Å². The van der Waals surface area contributed by atoms with Crippen LogP contribution in [0.3, 0.4) is 0 Å². The van der Waals surface area contributed by atoms with E-state index in [9.17, 15) is 13.2 Å². The van der Waals surface area contributed by atoms with E-state index in [1.165, 1.54) is 22.3 Å². The fourth-order valence-electron chi connectivity index (χ4n) is 3.87. The molecule has 1 aromatic carbocycles. The second kappa shape index (κ2) is 9.49. The first-order valence-corrected chi connectivity index (χ1v) is 10.6. The topological polar surface area (TPSA) is 78.5 Å². The van der Waals surface area contributed by atoms with Gasteiger partial charge in [-0.1, -0.05) is 6.07 Å². The number of carbonyl (C=O) groups is 1. The standard InChI is InChI=1S/C18H27N3O3S.K/c1-21(2)10-5-11-25(23,24)20-18(22)19-17-15-8-3-6-13(15)12-14-7-4-9-16(14)17;/h12H,3-11H2,1-2H3,(H2,19,20,22);. The second-order valence-electron chi connectivity index (χ2n) is 7.27. The van der Waals surface area contributed by atoms with Gasteiger partial charge in [0.05, 0.1) is 5.75 Å². The molecule has 2 aliphatic rings. The van der Waals surface area contributed by atoms with E-state index in [1.54, 1.807) is 0 Å². The molecule has 139 valence electrons. The van der Waals surface area contributed by atoms with Crippen LogP contribution in [0.15, 0.2) is 6.07 Å². The minimum Gasteiger partial charge on any atom is -0.309 e. The normalized spacial score (nSPS) is 15.3. The Hall–Kier alpha value is 0.0364. The van der Waals surface area contributed by atoms with Crippen LogP contribution in [-0.4, -0.2) is 97.1 Å². The largest absolute Gasteiger partial charge is 0.332 e. The van der Waals surface area contributed by atoms with Crippen LogP contribution < -0.4 is 10.0 Å². The molecular weight excluding hydrogens is 377 g/mol. The van der Waals surface area contributed by atoms with Gasteiger partial charge in [-0.25, -0.2) is 17.9 Å². The third kappa shape index (κ3) is 5.53.